The third-order valence-electron chi connectivity index (χ3n) is 2.87. The first-order valence-corrected chi connectivity index (χ1v) is 6.63. The molecule has 2 aromatic carbocycles. The summed E-state index contributed by atoms with van der Waals surface area (Å²) in [5, 5.41) is 16.8. The van der Waals surface area contributed by atoms with Crippen LogP contribution in [0.5, 0.6) is 0 Å². The van der Waals surface area contributed by atoms with E-state index in [1.54, 1.807) is 0 Å². The molecule has 0 aliphatic heterocycles. The number of halogens is 6. The first kappa shape index (κ1) is 21.0. The number of hydrogen-bond donors (Lipinski definition) is 2. The van der Waals surface area contributed by atoms with E-state index >= 15 is 0 Å². The van der Waals surface area contributed by atoms with Crippen molar-refractivity contribution in [3.8, 4) is 0 Å². The van der Waals surface area contributed by atoms with Gasteiger partial charge in [0.1, 0.15) is 0 Å². The molecule has 0 aliphatic rings. The van der Waals surface area contributed by atoms with E-state index < -0.39 is 35.4 Å². The van der Waals surface area contributed by atoms with Crippen LogP contribution in [0.1, 0.15) is 31.8 Å². The Bertz CT molecular complexity index is 728. The minimum atomic E-state index is -4.49. The molecule has 26 heavy (non-hydrogen) atoms. The Balaban J connectivity index is 0.000000260. The molecule has 0 bridgehead atoms. The third kappa shape index (κ3) is 6.11. The van der Waals surface area contributed by atoms with Crippen molar-refractivity contribution in [2.24, 2.45) is 0 Å². The van der Waals surface area contributed by atoms with Crippen molar-refractivity contribution in [2.75, 3.05) is 0 Å². The summed E-state index contributed by atoms with van der Waals surface area (Å²) in [5.74, 6) is -2.74. The average Bonchev–Trinajstić information content (AvgIpc) is 2.54. The average molecular weight is 380 g/mol. The highest BCUT2D eigenvalue weighted by molar-refractivity contribution is 5.88. The summed E-state index contributed by atoms with van der Waals surface area (Å²) in [4.78, 5) is 20.6. The van der Waals surface area contributed by atoms with Crippen molar-refractivity contribution in [3.63, 3.8) is 0 Å². The molecule has 0 radical (unpaired) electrons. The molecule has 0 fully saturated rings. The smallest absolute Gasteiger partial charge is 0.416 e. The highest BCUT2D eigenvalue weighted by Gasteiger charge is 2.31. The number of carboxylic acids is 2. The van der Waals surface area contributed by atoms with Gasteiger partial charge in [-0.3, -0.25) is 0 Å². The Morgan fingerprint density at radius 2 is 0.962 bits per heavy atom. The summed E-state index contributed by atoms with van der Waals surface area (Å²) in [7, 11) is 0. The van der Waals surface area contributed by atoms with E-state index in [2.05, 4.69) is 0 Å². The Hall–Kier alpha value is -3.04. The molecule has 0 aliphatic carbocycles. The molecule has 10 heteroatoms. The lowest BCUT2D eigenvalue weighted by Crippen LogP contribution is -2.06. The largest absolute Gasteiger partial charge is 0.478 e. The predicted molar refractivity (Wildman–Crippen MR) is 76.8 cm³/mol. The molecule has 0 saturated carbocycles. The van der Waals surface area contributed by atoms with Crippen LogP contribution in [-0.2, 0) is 12.4 Å². The number of benzene rings is 2. The molecule has 4 nitrogen and oxygen atoms in total. The van der Waals surface area contributed by atoms with E-state index in [-0.39, 0.29) is 11.1 Å². The highest BCUT2D eigenvalue weighted by Crippen LogP contribution is 2.30. The summed E-state index contributed by atoms with van der Waals surface area (Å²) in [6.45, 7) is 0. The zero-order chi connectivity index (χ0) is 20.1. The van der Waals surface area contributed by atoms with Gasteiger partial charge in [0.25, 0.3) is 0 Å². The van der Waals surface area contributed by atoms with Gasteiger partial charge in [-0.2, -0.15) is 26.3 Å². The zero-order valence-electron chi connectivity index (χ0n) is 12.6. The number of rotatable bonds is 2. The molecule has 0 unspecified atom stereocenters. The number of carboxylic acid groups (broad SMARTS) is 2. The highest BCUT2D eigenvalue weighted by atomic mass is 19.4. The lowest BCUT2D eigenvalue weighted by atomic mass is 10.1. The summed E-state index contributed by atoms with van der Waals surface area (Å²) in [6.07, 6.45) is -8.99. The van der Waals surface area contributed by atoms with Crippen molar-refractivity contribution in [3.05, 3.63) is 70.8 Å². The van der Waals surface area contributed by atoms with Crippen molar-refractivity contribution >= 4 is 11.9 Å². The van der Waals surface area contributed by atoms with Gasteiger partial charge in [0.2, 0.25) is 0 Å². The molecule has 2 aromatic rings. The van der Waals surface area contributed by atoms with Gasteiger partial charge in [0, 0.05) is 0 Å². The first-order valence-electron chi connectivity index (χ1n) is 6.63. The van der Waals surface area contributed by atoms with Crippen molar-refractivity contribution in [1.29, 1.82) is 0 Å². The van der Waals surface area contributed by atoms with Gasteiger partial charge in [0.05, 0.1) is 22.3 Å². The first-order chi connectivity index (χ1) is 11.8. The van der Waals surface area contributed by atoms with Crippen LogP contribution in [0.4, 0.5) is 26.3 Å². The zero-order valence-corrected chi connectivity index (χ0v) is 12.6. The number of hydrogen-bond acceptors (Lipinski definition) is 2. The van der Waals surface area contributed by atoms with Gasteiger partial charge in [0.15, 0.2) is 0 Å². The summed E-state index contributed by atoms with van der Waals surface area (Å²) in [5.41, 5.74) is -2.63. The normalized spacial score (nSPS) is 11.3. The predicted octanol–water partition coefficient (Wildman–Crippen LogP) is 4.81. The molecule has 0 atom stereocenters. The van der Waals surface area contributed by atoms with Crippen LogP contribution in [0.2, 0.25) is 0 Å². The van der Waals surface area contributed by atoms with E-state index in [1.807, 2.05) is 0 Å². The molecule has 0 spiro atoms. The minimum Gasteiger partial charge on any atom is -0.478 e. The quantitative estimate of drug-likeness (QED) is 0.734. The van der Waals surface area contributed by atoms with Crippen LogP contribution < -0.4 is 0 Å². The van der Waals surface area contributed by atoms with E-state index in [1.165, 1.54) is 0 Å². The molecule has 140 valence electrons. The van der Waals surface area contributed by atoms with Gasteiger partial charge < -0.3 is 10.2 Å². The molecule has 2 rings (SSSR count). The molecular formula is C16H10F6O4. The lowest BCUT2D eigenvalue weighted by molar-refractivity contribution is -0.138. The fourth-order valence-corrected chi connectivity index (χ4v) is 1.66. The molecular weight excluding hydrogens is 370 g/mol. The summed E-state index contributed by atoms with van der Waals surface area (Å²) < 4.78 is 72.2. The minimum absolute atomic E-state index is 0.366. The Morgan fingerprint density at radius 1 is 0.654 bits per heavy atom. The molecule has 0 aromatic heterocycles. The summed E-state index contributed by atoms with van der Waals surface area (Å²) >= 11 is 0. The molecule has 0 saturated heterocycles. The van der Waals surface area contributed by atoms with Gasteiger partial charge in [-0.15, -0.1) is 0 Å². The van der Waals surface area contributed by atoms with Crippen LogP contribution in [0.3, 0.4) is 0 Å². The van der Waals surface area contributed by atoms with E-state index in [9.17, 15) is 35.9 Å². The van der Waals surface area contributed by atoms with Gasteiger partial charge >= 0.3 is 24.3 Å². The topological polar surface area (TPSA) is 74.6 Å². The van der Waals surface area contributed by atoms with Crippen LogP contribution >= 0.6 is 0 Å². The van der Waals surface area contributed by atoms with Gasteiger partial charge in [-0.05, 0) is 36.4 Å². The Labute approximate surface area is 142 Å². The van der Waals surface area contributed by atoms with Crippen LogP contribution in [0, 0.1) is 0 Å². The fourth-order valence-electron chi connectivity index (χ4n) is 1.66. The van der Waals surface area contributed by atoms with Crippen LogP contribution in [0.15, 0.2) is 48.5 Å². The second-order valence-electron chi connectivity index (χ2n) is 4.77. The monoisotopic (exact) mass is 380 g/mol. The standard InChI is InChI=1S/2C8H5F3O2/c2*9-8(10,11)6-3-1-2-5(4-6)7(12)13/h2*1-4H,(H,12,13). The van der Waals surface area contributed by atoms with Crippen LogP contribution in [0.25, 0.3) is 0 Å². The molecule has 2 N–H and O–H groups in total. The number of aromatic carboxylic acids is 2. The number of alkyl halides is 6. The van der Waals surface area contributed by atoms with Gasteiger partial charge in [-0.1, -0.05) is 12.1 Å². The van der Waals surface area contributed by atoms with Crippen molar-refractivity contribution < 1.29 is 46.1 Å². The maximum atomic E-state index is 12.0. The van der Waals surface area contributed by atoms with E-state index in [4.69, 9.17) is 10.2 Å². The van der Waals surface area contributed by atoms with Crippen LogP contribution in [-0.4, -0.2) is 22.2 Å². The van der Waals surface area contributed by atoms with Crippen molar-refractivity contribution in [2.45, 2.75) is 12.4 Å². The van der Waals surface area contributed by atoms with E-state index in [0.29, 0.717) is 12.1 Å². The van der Waals surface area contributed by atoms with E-state index in [0.717, 1.165) is 36.4 Å². The second-order valence-corrected chi connectivity index (χ2v) is 4.77. The fraction of sp³-hybridized carbons (Fsp3) is 0.125. The lowest BCUT2D eigenvalue weighted by Gasteiger charge is -2.06. The van der Waals surface area contributed by atoms with Gasteiger partial charge in [-0.25, -0.2) is 9.59 Å². The summed E-state index contributed by atoms with van der Waals surface area (Å²) in [6, 6.07) is 7.19. The maximum absolute atomic E-state index is 12.0. The third-order valence-corrected chi connectivity index (χ3v) is 2.87. The van der Waals surface area contributed by atoms with Crippen molar-refractivity contribution in [1.82, 2.24) is 0 Å². The molecule has 0 amide bonds. The second kappa shape index (κ2) is 7.89. The Morgan fingerprint density at radius 3 is 1.19 bits per heavy atom. The number of carbonyl (C=O) groups is 2. The molecule has 0 heterocycles. The maximum Gasteiger partial charge on any atom is 0.416 e. The Kier molecular flexibility index (Phi) is 6.38. The SMILES string of the molecule is O=C(O)c1cccc(C(F)(F)F)c1.O=C(O)c1cccc(C(F)(F)F)c1.